The predicted molar refractivity (Wildman–Crippen MR) is 87.4 cm³/mol. The minimum atomic E-state index is -0.255. The zero-order chi connectivity index (χ0) is 16.7. The average Bonchev–Trinajstić information content (AvgIpc) is 2.80. The Labute approximate surface area is 136 Å². The summed E-state index contributed by atoms with van der Waals surface area (Å²) in [7, 11) is 0. The fourth-order valence-corrected chi connectivity index (χ4v) is 2.52. The Morgan fingerprint density at radius 1 is 0.957 bits per heavy atom. The highest BCUT2D eigenvalue weighted by Crippen LogP contribution is 2.22. The molecule has 1 aromatic rings. The number of imide groups is 1. The maximum absolute atomic E-state index is 12.1. The molecule has 6 heteroatoms. The minimum Gasteiger partial charge on any atom is -0.338 e. The van der Waals surface area contributed by atoms with Gasteiger partial charge in [-0.2, -0.15) is 0 Å². The molecule has 0 saturated carbocycles. The van der Waals surface area contributed by atoms with Crippen molar-refractivity contribution in [2.24, 2.45) is 0 Å². The zero-order valence-electron chi connectivity index (χ0n) is 13.4. The molecule has 1 heterocycles. The molecule has 0 fully saturated rings. The van der Waals surface area contributed by atoms with Crippen molar-refractivity contribution >= 4 is 17.8 Å². The maximum atomic E-state index is 12.1. The number of urea groups is 1. The summed E-state index contributed by atoms with van der Waals surface area (Å²) in [5.41, 5.74) is 0.915. The van der Waals surface area contributed by atoms with Crippen molar-refractivity contribution in [1.29, 1.82) is 0 Å². The van der Waals surface area contributed by atoms with Crippen LogP contribution in [-0.4, -0.2) is 42.4 Å². The lowest BCUT2D eigenvalue weighted by atomic mass is 10.1. The van der Waals surface area contributed by atoms with E-state index in [0.717, 1.165) is 19.3 Å². The van der Waals surface area contributed by atoms with Gasteiger partial charge in [-0.25, -0.2) is 4.79 Å². The number of unbranched alkanes of at least 4 members (excludes halogenated alkanes) is 2. The van der Waals surface area contributed by atoms with Gasteiger partial charge >= 0.3 is 6.03 Å². The second kappa shape index (κ2) is 8.31. The highest BCUT2D eigenvalue weighted by atomic mass is 16.2. The molecule has 0 aliphatic carbocycles. The number of nitrogens with zero attached hydrogens (tertiary/aromatic N) is 1. The Balaban J connectivity index is 1.69. The standard InChI is InChI=1S/C17H23N3O3/c1-2-3-6-10-18-17(23)19-11-7-12-20-15(21)13-8-4-5-9-14(13)16(20)22/h4-5,8-9H,2-3,6-7,10-12H2,1H3,(H2,18,19,23). The van der Waals surface area contributed by atoms with Gasteiger partial charge in [0.15, 0.2) is 0 Å². The van der Waals surface area contributed by atoms with Crippen molar-refractivity contribution in [3.8, 4) is 0 Å². The highest BCUT2D eigenvalue weighted by Gasteiger charge is 2.34. The molecular weight excluding hydrogens is 294 g/mol. The van der Waals surface area contributed by atoms with Crippen LogP contribution in [0.3, 0.4) is 0 Å². The van der Waals surface area contributed by atoms with E-state index in [2.05, 4.69) is 17.6 Å². The molecule has 1 aliphatic heterocycles. The van der Waals surface area contributed by atoms with E-state index in [1.807, 2.05) is 0 Å². The molecule has 4 amide bonds. The van der Waals surface area contributed by atoms with Crippen molar-refractivity contribution < 1.29 is 14.4 Å². The molecule has 1 aromatic carbocycles. The van der Waals surface area contributed by atoms with Crippen LogP contribution in [0.25, 0.3) is 0 Å². The number of benzene rings is 1. The van der Waals surface area contributed by atoms with Crippen LogP contribution in [0.4, 0.5) is 4.79 Å². The molecule has 0 saturated heterocycles. The molecule has 0 aromatic heterocycles. The average molecular weight is 317 g/mol. The van der Waals surface area contributed by atoms with Gasteiger partial charge in [0.05, 0.1) is 11.1 Å². The van der Waals surface area contributed by atoms with Crippen molar-refractivity contribution in [2.75, 3.05) is 19.6 Å². The third kappa shape index (κ3) is 4.31. The first-order chi connectivity index (χ1) is 11.1. The molecule has 124 valence electrons. The van der Waals surface area contributed by atoms with Gasteiger partial charge in [-0.3, -0.25) is 14.5 Å². The Morgan fingerprint density at radius 3 is 2.09 bits per heavy atom. The van der Waals surface area contributed by atoms with E-state index in [0.29, 0.717) is 37.2 Å². The van der Waals surface area contributed by atoms with Gasteiger partial charge in [0.1, 0.15) is 0 Å². The summed E-state index contributed by atoms with van der Waals surface area (Å²) in [4.78, 5) is 37.1. The second-order valence-electron chi connectivity index (χ2n) is 5.55. The number of carbonyl (C=O) groups excluding carboxylic acids is 3. The molecule has 0 bridgehead atoms. The Morgan fingerprint density at radius 2 is 1.52 bits per heavy atom. The van der Waals surface area contributed by atoms with Crippen molar-refractivity contribution in [3.05, 3.63) is 35.4 Å². The normalized spacial score (nSPS) is 13.2. The largest absolute Gasteiger partial charge is 0.338 e. The van der Waals surface area contributed by atoms with Gasteiger partial charge in [-0.15, -0.1) is 0 Å². The summed E-state index contributed by atoms with van der Waals surface area (Å²) >= 11 is 0. The van der Waals surface area contributed by atoms with Gasteiger partial charge < -0.3 is 10.6 Å². The summed E-state index contributed by atoms with van der Waals surface area (Å²) in [6.07, 6.45) is 3.72. The second-order valence-corrected chi connectivity index (χ2v) is 5.55. The Kier molecular flexibility index (Phi) is 6.14. The van der Waals surface area contributed by atoms with Crippen LogP contribution in [0.15, 0.2) is 24.3 Å². The zero-order valence-corrected chi connectivity index (χ0v) is 13.4. The van der Waals surface area contributed by atoms with Crippen molar-refractivity contribution in [1.82, 2.24) is 15.5 Å². The first-order valence-electron chi connectivity index (χ1n) is 8.12. The highest BCUT2D eigenvalue weighted by molar-refractivity contribution is 6.21. The van der Waals surface area contributed by atoms with Crippen molar-refractivity contribution in [2.45, 2.75) is 32.6 Å². The van der Waals surface area contributed by atoms with E-state index in [1.54, 1.807) is 24.3 Å². The smallest absolute Gasteiger partial charge is 0.314 e. The number of fused-ring (bicyclic) bond motifs is 1. The first kappa shape index (κ1) is 17.0. The van der Waals surface area contributed by atoms with Gasteiger partial charge in [-0.1, -0.05) is 31.9 Å². The lowest BCUT2D eigenvalue weighted by molar-refractivity contribution is 0.0653. The summed E-state index contributed by atoms with van der Waals surface area (Å²) in [6, 6.07) is 6.62. The molecular formula is C17H23N3O3. The number of hydrogen-bond donors (Lipinski definition) is 2. The van der Waals surface area contributed by atoms with Gasteiger partial charge in [0, 0.05) is 19.6 Å². The summed E-state index contributed by atoms with van der Waals surface area (Å²) < 4.78 is 0. The minimum absolute atomic E-state index is 0.205. The van der Waals surface area contributed by atoms with Crippen LogP contribution < -0.4 is 10.6 Å². The molecule has 23 heavy (non-hydrogen) atoms. The maximum Gasteiger partial charge on any atom is 0.314 e. The topological polar surface area (TPSA) is 78.5 Å². The van der Waals surface area contributed by atoms with Crippen LogP contribution in [0.5, 0.6) is 0 Å². The van der Waals surface area contributed by atoms with E-state index in [4.69, 9.17) is 0 Å². The van der Waals surface area contributed by atoms with Crippen LogP contribution in [0, 0.1) is 0 Å². The predicted octanol–water partition coefficient (Wildman–Crippen LogP) is 2.16. The summed E-state index contributed by atoms with van der Waals surface area (Å²) in [5.74, 6) is -0.510. The fourth-order valence-electron chi connectivity index (χ4n) is 2.52. The van der Waals surface area contributed by atoms with Crippen LogP contribution in [-0.2, 0) is 0 Å². The van der Waals surface area contributed by atoms with Crippen LogP contribution in [0.1, 0.15) is 53.3 Å². The van der Waals surface area contributed by atoms with Gasteiger partial charge in [-0.05, 0) is 25.0 Å². The molecule has 0 unspecified atom stereocenters. The molecule has 0 atom stereocenters. The van der Waals surface area contributed by atoms with E-state index >= 15 is 0 Å². The van der Waals surface area contributed by atoms with Crippen molar-refractivity contribution in [3.63, 3.8) is 0 Å². The first-order valence-corrected chi connectivity index (χ1v) is 8.12. The Bertz CT molecular complexity index is 551. The third-order valence-corrected chi connectivity index (χ3v) is 3.79. The molecule has 2 N–H and O–H groups in total. The van der Waals surface area contributed by atoms with E-state index in [-0.39, 0.29) is 17.8 Å². The molecule has 2 rings (SSSR count). The molecule has 1 aliphatic rings. The Hall–Kier alpha value is -2.37. The number of carbonyl (C=O) groups is 3. The summed E-state index contributed by atoms with van der Waals surface area (Å²) in [6.45, 7) is 3.51. The number of amides is 4. The van der Waals surface area contributed by atoms with Crippen LogP contribution >= 0.6 is 0 Å². The quantitative estimate of drug-likeness (QED) is 0.570. The molecule has 0 radical (unpaired) electrons. The third-order valence-electron chi connectivity index (χ3n) is 3.79. The van der Waals surface area contributed by atoms with E-state index < -0.39 is 0 Å². The number of hydrogen-bond acceptors (Lipinski definition) is 3. The summed E-state index contributed by atoms with van der Waals surface area (Å²) in [5, 5.41) is 5.52. The van der Waals surface area contributed by atoms with Gasteiger partial charge in [0.25, 0.3) is 11.8 Å². The number of rotatable bonds is 8. The lowest BCUT2D eigenvalue weighted by Gasteiger charge is -2.14. The SMILES string of the molecule is CCCCCNC(=O)NCCCN1C(=O)c2ccccc2C1=O. The molecule has 0 spiro atoms. The van der Waals surface area contributed by atoms with E-state index in [1.165, 1.54) is 4.90 Å². The number of nitrogens with one attached hydrogen (secondary N) is 2. The van der Waals surface area contributed by atoms with Crippen LogP contribution in [0.2, 0.25) is 0 Å². The lowest BCUT2D eigenvalue weighted by Crippen LogP contribution is -2.38. The van der Waals surface area contributed by atoms with Gasteiger partial charge in [0.2, 0.25) is 0 Å². The monoisotopic (exact) mass is 317 g/mol. The van der Waals surface area contributed by atoms with E-state index in [9.17, 15) is 14.4 Å². The fraction of sp³-hybridized carbons (Fsp3) is 0.471. The molecule has 6 nitrogen and oxygen atoms in total.